The van der Waals surface area contributed by atoms with E-state index in [1.54, 1.807) is 6.20 Å². The van der Waals surface area contributed by atoms with E-state index in [1.807, 2.05) is 6.07 Å². The number of aromatic nitrogens is 1. The molecule has 1 aliphatic heterocycles. The first-order valence-electron chi connectivity index (χ1n) is 4.78. The van der Waals surface area contributed by atoms with E-state index in [0.29, 0.717) is 5.82 Å². The van der Waals surface area contributed by atoms with E-state index in [1.165, 1.54) is 25.9 Å². The van der Waals surface area contributed by atoms with Crippen LogP contribution in [0.2, 0.25) is 0 Å². The van der Waals surface area contributed by atoms with Crippen molar-refractivity contribution in [3.8, 4) is 0 Å². The fourth-order valence-corrected chi connectivity index (χ4v) is 1.77. The highest BCUT2D eigenvalue weighted by Crippen LogP contribution is 2.15. The smallest absolute Gasteiger partial charge is 0.127 e. The van der Waals surface area contributed by atoms with Crippen molar-refractivity contribution >= 4 is 5.82 Å². The van der Waals surface area contributed by atoms with Gasteiger partial charge < -0.3 is 5.73 Å². The number of pyridine rings is 1. The quantitative estimate of drug-likeness (QED) is 0.739. The maximum absolute atomic E-state index is 5.76. The van der Waals surface area contributed by atoms with Gasteiger partial charge in [-0.3, -0.25) is 4.90 Å². The van der Waals surface area contributed by atoms with E-state index in [4.69, 9.17) is 5.73 Å². The number of nitrogen functional groups attached to an aromatic ring is 1. The molecule has 70 valence electrons. The Bertz CT molecular complexity index is 279. The largest absolute Gasteiger partial charge is 0.383 e. The Labute approximate surface area is 78.6 Å². The van der Waals surface area contributed by atoms with Gasteiger partial charge in [-0.15, -0.1) is 0 Å². The van der Waals surface area contributed by atoms with Crippen molar-refractivity contribution in [2.24, 2.45) is 0 Å². The van der Waals surface area contributed by atoms with Gasteiger partial charge in [0.2, 0.25) is 0 Å². The molecule has 3 heteroatoms. The summed E-state index contributed by atoms with van der Waals surface area (Å²) in [5.41, 5.74) is 6.92. The monoisotopic (exact) mass is 177 g/mol. The number of hydrogen-bond donors (Lipinski definition) is 1. The first kappa shape index (κ1) is 8.51. The van der Waals surface area contributed by atoms with Gasteiger partial charge in [-0.25, -0.2) is 4.98 Å². The summed E-state index contributed by atoms with van der Waals surface area (Å²) >= 11 is 0. The molecule has 1 aromatic rings. The summed E-state index contributed by atoms with van der Waals surface area (Å²) in [5.74, 6) is 0.675. The highest BCUT2D eigenvalue weighted by molar-refractivity contribution is 5.38. The minimum Gasteiger partial charge on any atom is -0.383 e. The Hall–Kier alpha value is -1.09. The minimum absolute atomic E-state index is 0.675. The van der Waals surface area contributed by atoms with Crippen LogP contribution in [0.5, 0.6) is 0 Å². The summed E-state index contributed by atoms with van der Waals surface area (Å²) in [4.78, 5) is 6.50. The molecule has 1 fully saturated rings. The molecular formula is C10H15N3. The van der Waals surface area contributed by atoms with Crippen molar-refractivity contribution in [3.05, 3.63) is 23.9 Å². The standard InChI is InChI=1S/C10H15N3/c11-10-9(4-3-5-12-10)8-13-6-1-2-7-13/h3-5H,1-2,6-8H2,(H2,11,12). The van der Waals surface area contributed by atoms with Gasteiger partial charge in [-0.05, 0) is 32.0 Å². The fraction of sp³-hybridized carbons (Fsp3) is 0.500. The number of hydrogen-bond acceptors (Lipinski definition) is 3. The van der Waals surface area contributed by atoms with E-state index < -0.39 is 0 Å². The molecule has 1 aromatic heterocycles. The van der Waals surface area contributed by atoms with Crippen LogP contribution in [0, 0.1) is 0 Å². The fourth-order valence-electron chi connectivity index (χ4n) is 1.77. The molecule has 0 aromatic carbocycles. The van der Waals surface area contributed by atoms with Crippen molar-refractivity contribution in [1.82, 2.24) is 9.88 Å². The number of rotatable bonds is 2. The molecule has 2 rings (SSSR count). The maximum atomic E-state index is 5.76. The first-order chi connectivity index (χ1) is 6.36. The van der Waals surface area contributed by atoms with Crippen LogP contribution in [0.3, 0.4) is 0 Å². The molecule has 0 unspecified atom stereocenters. The van der Waals surface area contributed by atoms with Gasteiger partial charge in [-0.2, -0.15) is 0 Å². The summed E-state index contributed by atoms with van der Waals surface area (Å²) in [6, 6.07) is 4.00. The van der Waals surface area contributed by atoms with Crippen LogP contribution in [0.4, 0.5) is 5.82 Å². The van der Waals surface area contributed by atoms with Gasteiger partial charge in [0.25, 0.3) is 0 Å². The summed E-state index contributed by atoms with van der Waals surface area (Å²) in [7, 11) is 0. The Morgan fingerprint density at radius 3 is 2.85 bits per heavy atom. The van der Waals surface area contributed by atoms with Gasteiger partial charge in [0.1, 0.15) is 5.82 Å². The molecule has 1 aliphatic rings. The molecule has 0 spiro atoms. The Morgan fingerprint density at radius 2 is 2.15 bits per heavy atom. The van der Waals surface area contributed by atoms with Crippen molar-refractivity contribution in [3.63, 3.8) is 0 Å². The molecule has 0 amide bonds. The van der Waals surface area contributed by atoms with Gasteiger partial charge in [0.15, 0.2) is 0 Å². The van der Waals surface area contributed by atoms with Gasteiger partial charge >= 0.3 is 0 Å². The van der Waals surface area contributed by atoms with E-state index in [-0.39, 0.29) is 0 Å². The van der Waals surface area contributed by atoms with Crippen LogP contribution >= 0.6 is 0 Å². The second-order valence-corrected chi connectivity index (χ2v) is 3.53. The number of anilines is 1. The highest BCUT2D eigenvalue weighted by Gasteiger charge is 2.12. The molecule has 0 bridgehead atoms. The minimum atomic E-state index is 0.675. The van der Waals surface area contributed by atoms with Crippen molar-refractivity contribution < 1.29 is 0 Å². The summed E-state index contributed by atoms with van der Waals surface area (Å²) < 4.78 is 0. The number of likely N-dealkylation sites (tertiary alicyclic amines) is 1. The molecule has 0 aliphatic carbocycles. The lowest BCUT2D eigenvalue weighted by molar-refractivity contribution is 0.331. The van der Waals surface area contributed by atoms with Crippen molar-refractivity contribution in [1.29, 1.82) is 0 Å². The lowest BCUT2D eigenvalue weighted by atomic mass is 10.2. The SMILES string of the molecule is Nc1ncccc1CN1CCCC1. The number of nitrogens with two attached hydrogens (primary N) is 1. The molecule has 2 N–H and O–H groups in total. The lowest BCUT2D eigenvalue weighted by Gasteiger charge is -2.14. The molecule has 1 saturated heterocycles. The molecule has 2 heterocycles. The second kappa shape index (κ2) is 3.75. The summed E-state index contributed by atoms with van der Waals surface area (Å²) in [6.45, 7) is 3.36. The molecule has 0 saturated carbocycles. The third kappa shape index (κ3) is 1.98. The zero-order valence-corrected chi connectivity index (χ0v) is 7.74. The predicted molar refractivity (Wildman–Crippen MR) is 53.2 cm³/mol. The van der Waals surface area contributed by atoms with Gasteiger partial charge in [0.05, 0.1) is 0 Å². The molecule has 0 atom stereocenters. The topological polar surface area (TPSA) is 42.1 Å². The molecule has 13 heavy (non-hydrogen) atoms. The molecule has 0 radical (unpaired) electrons. The van der Waals surface area contributed by atoms with Crippen LogP contribution in [-0.4, -0.2) is 23.0 Å². The zero-order valence-electron chi connectivity index (χ0n) is 7.74. The van der Waals surface area contributed by atoms with Crippen LogP contribution in [-0.2, 0) is 6.54 Å². The Morgan fingerprint density at radius 1 is 1.38 bits per heavy atom. The zero-order chi connectivity index (χ0) is 9.10. The van der Waals surface area contributed by atoms with Gasteiger partial charge in [0, 0.05) is 18.3 Å². The third-order valence-electron chi connectivity index (χ3n) is 2.52. The molecular weight excluding hydrogens is 162 g/mol. The third-order valence-corrected chi connectivity index (χ3v) is 2.52. The first-order valence-corrected chi connectivity index (χ1v) is 4.78. The van der Waals surface area contributed by atoms with E-state index >= 15 is 0 Å². The van der Waals surface area contributed by atoms with E-state index in [2.05, 4.69) is 16.0 Å². The van der Waals surface area contributed by atoms with Gasteiger partial charge in [-0.1, -0.05) is 6.07 Å². The van der Waals surface area contributed by atoms with Crippen LogP contribution in [0.25, 0.3) is 0 Å². The van der Waals surface area contributed by atoms with Crippen LogP contribution in [0.1, 0.15) is 18.4 Å². The maximum Gasteiger partial charge on any atom is 0.127 e. The average Bonchev–Trinajstić information content (AvgIpc) is 2.61. The normalized spacial score (nSPS) is 17.8. The van der Waals surface area contributed by atoms with Crippen LogP contribution < -0.4 is 5.73 Å². The predicted octanol–water partition coefficient (Wildman–Crippen LogP) is 1.26. The Balaban J connectivity index is 2.04. The van der Waals surface area contributed by atoms with Crippen molar-refractivity contribution in [2.45, 2.75) is 19.4 Å². The molecule has 3 nitrogen and oxygen atoms in total. The van der Waals surface area contributed by atoms with Crippen molar-refractivity contribution in [2.75, 3.05) is 18.8 Å². The average molecular weight is 177 g/mol. The lowest BCUT2D eigenvalue weighted by Crippen LogP contribution is -2.19. The Kier molecular flexibility index (Phi) is 2.45. The second-order valence-electron chi connectivity index (χ2n) is 3.53. The van der Waals surface area contributed by atoms with E-state index in [9.17, 15) is 0 Å². The number of nitrogens with zero attached hydrogens (tertiary/aromatic N) is 2. The van der Waals surface area contributed by atoms with Crippen LogP contribution in [0.15, 0.2) is 18.3 Å². The highest BCUT2D eigenvalue weighted by atomic mass is 15.1. The van der Waals surface area contributed by atoms with E-state index in [0.717, 1.165) is 12.1 Å². The summed E-state index contributed by atoms with van der Waals surface area (Å²) in [6.07, 6.45) is 4.38. The summed E-state index contributed by atoms with van der Waals surface area (Å²) in [5, 5.41) is 0.